The van der Waals surface area contributed by atoms with E-state index in [1.54, 1.807) is 0 Å². The third-order valence-electron chi connectivity index (χ3n) is 2.87. The molecule has 1 N–H and O–H groups in total. The maximum Gasteiger partial charge on any atom is 0.0508 e. The Labute approximate surface area is 89.7 Å². The lowest BCUT2D eigenvalue weighted by Gasteiger charge is -2.41. The van der Waals surface area contributed by atoms with Crippen molar-refractivity contribution in [2.75, 3.05) is 11.2 Å². The van der Waals surface area contributed by atoms with Crippen LogP contribution >= 0.6 is 11.6 Å². The molecule has 0 bridgehead atoms. The zero-order chi connectivity index (χ0) is 10.0. The van der Waals surface area contributed by atoms with Crippen molar-refractivity contribution >= 4 is 17.3 Å². The summed E-state index contributed by atoms with van der Waals surface area (Å²) in [7, 11) is 0. The van der Waals surface area contributed by atoms with E-state index in [0.717, 1.165) is 11.4 Å². The molecule has 0 spiro atoms. The Morgan fingerprint density at radius 1 is 1.57 bits per heavy atom. The number of rotatable bonds is 3. The molecule has 0 aromatic carbocycles. The third kappa shape index (κ3) is 1.85. The predicted molar refractivity (Wildman–Crippen MR) is 59.9 cm³/mol. The lowest BCUT2D eigenvalue weighted by Crippen LogP contribution is -2.46. The second kappa shape index (κ2) is 3.77. The molecule has 1 heterocycles. The van der Waals surface area contributed by atoms with Crippen LogP contribution in [0.3, 0.4) is 0 Å². The molecule has 1 aliphatic rings. The summed E-state index contributed by atoms with van der Waals surface area (Å²) in [4.78, 5) is 4.17. The Bertz CT molecular complexity index is 315. The number of anilines is 1. The quantitative estimate of drug-likeness (QED) is 0.776. The van der Waals surface area contributed by atoms with Crippen LogP contribution in [-0.4, -0.2) is 16.4 Å². The first-order valence-electron chi connectivity index (χ1n) is 5.01. The summed E-state index contributed by atoms with van der Waals surface area (Å²) < 4.78 is 0. The van der Waals surface area contributed by atoms with Crippen LogP contribution in [-0.2, 0) is 0 Å². The number of halogens is 1. The highest BCUT2D eigenvalue weighted by molar-refractivity contribution is 6.19. The third-order valence-corrected chi connectivity index (χ3v) is 3.38. The zero-order valence-electron chi connectivity index (χ0n) is 8.39. The SMILES string of the molecule is Cc1cc(NC2(CCl)CCC2)ccn1. The van der Waals surface area contributed by atoms with Crippen molar-refractivity contribution in [2.24, 2.45) is 0 Å². The van der Waals surface area contributed by atoms with Crippen LogP contribution in [0.2, 0.25) is 0 Å². The average Bonchev–Trinajstić information content (AvgIpc) is 2.11. The summed E-state index contributed by atoms with van der Waals surface area (Å²) in [6, 6.07) is 4.06. The fourth-order valence-electron chi connectivity index (χ4n) is 1.83. The van der Waals surface area contributed by atoms with Crippen molar-refractivity contribution in [3.05, 3.63) is 24.0 Å². The number of hydrogen-bond acceptors (Lipinski definition) is 2. The molecule has 1 saturated carbocycles. The normalized spacial score (nSPS) is 18.7. The molecule has 2 rings (SSSR count). The van der Waals surface area contributed by atoms with E-state index in [0.29, 0.717) is 5.88 Å². The van der Waals surface area contributed by atoms with Crippen LogP contribution < -0.4 is 5.32 Å². The van der Waals surface area contributed by atoms with E-state index in [1.807, 2.05) is 19.2 Å². The van der Waals surface area contributed by atoms with Gasteiger partial charge in [-0.05, 0) is 38.3 Å². The number of alkyl halides is 1. The Morgan fingerprint density at radius 3 is 2.86 bits per heavy atom. The molecule has 0 unspecified atom stereocenters. The Kier molecular flexibility index (Phi) is 2.64. The van der Waals surface area contributed by atoms with Gasteiger partial charge in [0.25, 0.3) is 0 Å². The van der Waals surface area contributed by atoms with Gasteiger partial charge in [0.1, 0.15) is 0 Å². The highest BCUT2D eigenvalue weighted by atomic mass is 35.5. The van der Waals surface area contributed by atoms with Gasteiger partial charge in [-0.1, -0.05) is 0 Å². The molecule has 0 atom stereocenters. The van der Waals surface area contributed by atoms with Crippen LogP contribution in [0.25, 0.3) is 0 Å². The summed E-state index contributed by atoms with van der Waals surface area (Å²) in [6.45, 7) is 2.00. The van der Waals surface area contributed by atoms with Crippen molar-refractivity contribution in [2.45, 2.75) is 31.7 Å². The van der Waals surface area contributed by atoms with Crippen molar-refractivity contribution in [3.63, 3.8) is 0 Å². The van der Waals surface area contributed by atoms with Crippen molar-refractivity contribution in [3.8, 4) is 0 Å². The molecular weight excluding hydrogens is 196 g/mol. The van der Waals surface area contributed by atoms with Crippen LogP contribution in [0.15, 0.2) is 18.3 Å². The Hall–Kier alpha value is -0.760. The zero-order valence-corrected chi connectivity index (χ0v) is 9.14. The number of hydrogen-bond donors (Lipinski definition) is 1. The molecule has 76 valence electrons. The average molecular weight is 211 g/mol. The van der Waals surface area contributed by atoms with E-state index in [9.17, 15) is 0 Å². The van der Waals surface area contributed by atoms with Gasteiger partial charge in [0.2, 0.25) is 0 Å². The van der Waals surface area contributed by atoms with E-state index in [2.05, 4.69) is 16.4 Å². The van der Waals surface area contributed by atoms with Crippen LogP contribution in [0.4, 0.5) is 5.69 Å². The topological polar surface area (TPSA) is 24.9 Å². The van der Waals surface area contributed by atoms with Gasteiger partial charge in [-0.15, -0.1) is 11.6 Å². The highest BCUT2D eigenvalue weighted by Crippen LogP contribution is 2.36. The van der Waals surface area contributed by atoms with E-state index in [4.69, 9.17) is 11.6 Å². The molecular formula is C11H15ClN2. The van der Waals surface area contributed by atoms with Gasteiger partial charge >= 0.3 is 0 Å². The van der Waals surface area contributed by atoms with Gasteiger partial charge in [0, 0.05) is 23.5 Å². The Morgan fingerprint density at radius 2 is 2.36 bits per heavy atom. The number of nitrogens with one attached hydrogen (secondary N) is 1. The second-order valence-electron chi connectivity index (χ2n) is 4.08. The van der Waals surface area contributed by atoms with E-state index in [-0.39, 0.29) is 5.54 Å². The second-order valence-corrected chi connectivity index (χ2v) is 4.35. The summed E-state index contributed by atoms with van der Waals surface area (Å²) in [5, 5.41) is 3.51. The molecule has 3 heteroatoms. The molecule has 1 aromatic heterocycles. The molecule has 1 fully saturated rings. The minimum atomic E-state index is 0.148. The predicted octanol–water partition coefficient (Wildman–Crippen LogP) is 2.96. The van der Waals surface area contributed by atoms with Gasteiger partial charge in [0.05, 0.1) is 5.54 Å². The highest BCUT2D eigenvalue weighted by Gasteiger charge is 2.35. The molecule has 0 radical (unpaired) electrons. The number of aryl methyl sites for hydroxylation is 1. The summed E-state index contributed by atoms with van der Waals surface area (Å²) in [5.74, 6) is 0.689. The number of aromatic nitrogens is 1. The van der Waals surface area contributed by atoms with E-state index < -0.39 is 0 Å². The maximum atomic E-state index is 5.97. The van der Waals surface area contributed by atoms with Crippen molar-refractivity contribution in [1.82, 2.24) is 4.98 Å². The number of pyridine rings is 1. The molecule has 0 aliphatic heterocycles. The summed E-state index contributed by atoms with van der Waals surface area (Å²) >= 11 is 5.97. The molecule has 14 heavy (non-hydrogen) atoms. The fourth-order valence-corrected chi connectivity index (χ4v) is 2.16. The molecule has 1 aromatic rings. The fraction of sp³-hybridized carbons (Fsp3) is 0.545. The first-order chi connectivity index (χ1) is 6.74. The van der Waals surface area contributed by atoms with E-state index >= 15 is 0 Å². The van der Waals surface area contributed by atoms with Crippen LogP contribution in [0.5, 0.6) is 0 Å². The summed E-state index contributed by atoms with van der Waals surface area (Å²) in [6.07, 6.45) is 5.47. The minimum absolute atomic E-state index is 0.148. The van der Waals surface area contributed by atoms with Crippen LogP contribution in [0, 0.1) is 6.92 Å². The largest absolute Gasteiger partial charge is 0.378 e. The minimum Gasteiger partial charge on any atom is -0.378 e. The maximum absolute atomic E-state index is 5.97. The lowest BCUT2D eigenvalue weighted by molar-refractivity contribution is 0.311. The van der Waals surface area contributed by atoms with Crippen molar-refractivity contribution < 1.29 is 0 Å². The van der Waals surface area contributed by atoms with Gasteiger partial charge in [0.15, 0.2) is 0 Å². The van der Waals surface area contributed by atoms with Gasteiger partial charge < -0.3 is 5.32 Å². The Balaban J connectivity index is 2.09. The monoisotopic (exact) mass is 210 g/mol. The van der Waals surface area contributed by atoms with Crippen molar-refractivity contribution in [1.29, 1.82) is 0 Å². The van der Waals surface area contributed by atoms with Gasteiger partial charge in [-0.2, -0.15) is 0 Å². The number of nitrogens with zero attached hydrogens (tertiary/aromatic N) is 1. The lowest BCUT2D eigenvalue weighted by atomic mass is 9.78. The first-order valence-corrected chi connectivity index (χ1v) is 5.54. The molecule has 0 saturated heterocycles. The molecule has 0 amide bonds. The molecule has 2 nitrogen and oxygen atoms in total. The van der Waals surface area contributed by atoms with E-state index in [1.165, 1.54) is 19.3 Å². The standard InChI is InChI=1S/C11H15ClN2/c1-9-7-10(3-6-13-9)14-11(8-12)4-2-5-11/h3,6-7H,2,4-5,8H2,1H3,(H,13,14). The molecule has 1 aliphatic carbocycles. The van der Waals surface area contributed by atoms with Gasteiger partial charge in [-0.3, -0.25) is 4.98 Å². The first kappa shape index (κ1) is 9.78. The summed E-state index contributed by atoms with van der Waals surface area (Å²) in [5.41, 5.74) is 2.33. The van der Waals surface area contributed by atoms with Crippen LogP contribution in [0.1, 0.15) is 25.0 Å². The van der Waals surface area contributed by atoms with Gasteiger partial charge in [-0.25, -0.2) is 0 Å². The smallest absolute Gasteiger partial charge is 0.0508 e.